The molecule has 0 saturated carbocycles. The summed E-state index contributed by atoms with van der Waals surface area (Å²) in [5.41, 5.74) is 1.89. The first kappa shape index (κ1) is 18.2. The van der Waals surface area contributed by atoms with Gasteiger partial charge >= 0.3 is 0 Å². The summed E-state index contributed by atoms with van der Waals surface area (Å²) in [6.07, 6.45) is 3.70. The molecule has 25 heavy (non-hydrogen) atoms. The van der Waals surface area contributed by atoms with Crippen molar-refractivity contribution in [3.05, 3.63) is 35.0 Å². The summed E-state index contributed by atoms with van der Waals surface area (Å²) >= 11 is 1.71. The number of carbonyl (C=O) groups is 1. The lowest BCUT2D eigenvalue weighted by Gasteiger charge is -2.45. The second-order valence-corrected chi connectivity index (χ2v) is 8.75. The first-order valence-corrected chi connectivity index (χ1v) is 9.64. The Morgan fingerprint density at radius 3 is 2.80 bits per heavy atom. The number of likely N-dealkylation sites (N-methyl/N-ethyl adjacent to an activating group) is 1. The molecule has 0 aromatic carbocycles. The lowest BCUT2D eigenvalue weighted by Crippen LogP contribution is -2.58. The highest BCUT2D eigenvalue weighted by Crippen LogP contribution is 2.30. The highest BCUT2D eigenvalue weighted by molar-refractivity contribution is 7.15. The predicted molar refractivity (Wildman–Crippen MR) is 104 cm³/mol. The number of aromatic amines is 1. The summed E-state index contributed by atoms with van der Waals surface area (Å²) in [7, 11) is 2.18. The van der Waals surface area contributed by atoms with Crippen molar-refractivity contribution in [2.24, 2.45) is 0 Å². The van der Waals surface area contributed by atoms with E-state index in [1.165, 1.54) is 4.88 Å². The van der Waals surface area contributed by atoms with E-state index in [2.05, 4.69) is 60.1 Å². The van der Waals surface area contributed by atoms with Gasteiger partial charge in [-0.15, -0.1) is 11.3 Å². The minimum Gasteiger partial charge on any atom is -0.366 e. The molecular formula is C19H28N4OS. The predicted octanol–water partition coefficient (Wildman–Crippen LogP) is 2.81. The Kier molecular flexibility index (Phi) is 5.32. The van der Waals surface area contributed by atoms with E-state index >= 15 is 0 Å². The van der Waals surface area contributed by atoms with E-state index < -0.39 is 0 Å². The second kappa shape index (κ2) is 7.32. The minimum absolute atomic E-state index is 0.00399. The summed E-state index contributed by atoms with van der Waals surface area (Å²) in [4.78, 5) is 22.9. The molecule has 0 radical (unpaired) electrons. The normalized spacial score (nSPS) is 18.4. The topological polar surface area (TPSA) is 51.4 Å². The third-order valence-corrected chi connectivity index (χ3v) is 6.14. The molecule has 1 saturated heterocycles. The lowest BCUT2D eigenvalue weighted by atomic mass is 10.00. The van der Waals surface area contributed by atoms with Crippen LogP contribution in [0.4, 0.5) is 0 Å². The minimum atomic E-state index is -0.00399. The molecular weight excluding hydrogens is 332 g/mol. The van der Waals surface area contributed by atoms with Crippen LogP contribution in [0.25, 0.3) is 10.4 Å². The zero-order valence-corrected chi connectivity index (χ0v) is 16.4. The molecule has 2 aromatic heterocycles. The van der Waals surface area contributed by atoms with Crippen LogP contribution in [-0.2, 0) is 0 Å². The van der Waals surface area contributed by atoms with Crippen LogP contribution in [0, 0.1) is 6.92 Å². The molecule has 5 nitrogen and oxygen atoms in total. The first-order valence-electron chi connectivity index (χ1n) is 8.82. The Morgan fingerprint density at radius 2 is 2.12 bits per heavy atom. The Labute approximate surface area is 154 Å². The molecule has 0 atom stereocenters. The van der Waals surface area contributed by atoms with E-state index in [0.717, 1.165) is 42.2 Å². The number of amides is 1. The van der Waals surface area contributed by atoms with Crippen LogP contribution >= 0.6 is 11.3 Å². The number of aryl methyl sites for hydroxylation is 1. The zero-order chi connectivity index (χ0) is 18.0. The lowest BCUT2D eigenvalue weighted by molar-refractivity contribution is 0.0406. The van der Waals surface area contributed by atoms with Gasteiger partial charge in [-0.25, -0.2) is 0 Å². The van der Waals surface area contributed by atoms with Gasteiger partial charge in [0.15, 0.2) is 0 Å². The molecule has 3 heterocycles. The first-order chi connectivity index (χ1) is 11.9. The molecule has 1 aliphatic heterocycles. The van der Waals surface area contributed by atoms with Crippen molar-refractivity contribution in [1.29, 1.82) is 0 Å². The second-order valence-electron chi connectivity index (χ2n) is 7.46. The van der Waals surface area contributed by atoms with Gasteiger partial charge in [0.1, 0.15) is 0 Å². The monoisotopic (exact) mass is 360 g/mol. The van der Waals surface area contributed by atoms with Crippen molar-refractivity contribution >= 4 is 17.2 Å². The Morgan fingerprint density at radius 1 is 1.32 bits per heavy atom. The fraction of sp³-hybridized carbons (Fsp3) is 0.526. The van der Waals surface area contributed by atoms with Gasteiger partial charge in [0, 0.05) is 66.0 Å². The largest absolute Gasteiger partial charge is 0.366 e. The summed E-state index contributed by atoms with van der Waals surface area (Å²) < 4.78 is 0. The van der Waals surface area contributed by atoms with Crippen LogP contribution in [0.15, 0.2) is 24.5 Å². The van der Waals surface area contributed by atoms with E-state index in [9.17, 15) is 4.79 Å². The van der Waals surface area contributed by atoms with E-state index in [1.54, 1.807) is 17.5 Å². The number of carbonyl (C=O) groups excluding carboxylic acids is 1. The average molecular weight is 361 g/mol. The van der Waals surface area contributed by atoms with Crippen LogP contribution in [0.3, 0.4) is 0 Å². The summed E-state index contributed by atoms with van der Waals surface area (Å²) in [6, 6.07) is 4.16. The van der Waals surface area contributed by atoms with Gasteiger partial charge in [-0.05, 0) is 40.0 Å². The standard InChI is InChI=1S/C19H28N4OS/c1-14-5-6-17(25-14)15-11-20-12-16(15)18(24)21-7-8-23-10-9-22(4)19(2,3)13-23/h5-6,11-12,20H,7-10,13H2,1-4H3,(H,21,24). The Balaban J connectivity index is 1.55. The molecule has 0 spiro atoms. The number of H-pyrrole nitrogens is 1. The van der Waals surface area contributed by atoms with Gasteiger partial charge in [0.2, 0.25) is 0 Å². The number of nitrogens with zero attached hydrogens (tertiary/aromatic N) is 2. The van der Waals surface area contributed by atoms with E-state index in [4.69, 9.17) is 0 Å². The van der Waals surface area contributed by atoms with Crippen LogP contribution in [0.5, 0.6) is 0 Å². The van der Waals surface area contributed by atoms with Gasteiger partial charge in [0.25, 0.3) is 5.91 Å². The quantitative estimate of drug-likeness (QED) is 0.862. The SMILES string of the molecule is Cc1ccc(-c2c[nH]cc2C(=O)NCCN2CCN(C)C(C)(C)C2)s1. The maximum Gasteiger partial charge on any atom is 0.253 e. The number of hydrogen-bond donors (Lipinski definition) is 2. The van der Waals surface area contributed by atoms with Crippen molar-refractivity contribution in [2.75, 3.05) is 39.8 Å². The fourth-order valence-corrected chi connectivity index (χ4v) is 4.19. The van der Waals surface area contributed by atoms with E-state index in [0.29, 0.717) is 6.54 Å². The summed E-state index contributed by atoms with van der Waals surface area (Å²) in [6.45, 7) is 11.3. The molecule has 2 aromatic rings. The molecule has 6 heteroatoms. The molecule has 1 aliphatic rings. The molecule has 1 amide bonds. The van der Waals surface area contributed by atoms with Crippen molar-refractivity contribution in [2.45, 2.75) is 26.3 Å². The summed E-state index contributed by atoms with van der Waals surface area (Å²) in [5.74, 6) is -0.00399. The molecule has 0 bridgehead atoms. The van der Waals surface area contributed by atoms with Crippen molar-refractivity contribution in [1.82, 2.24) is 20.1 Å². The molecule has 2 N–H and O–H groups in total. The number of thiophene rings is 1. The molecule has 0 aliphatic carbocycles. The van der Waals surface area contributed by atoms with Crippen molar-refractivity contribution in [3.8, 4) is 10.4 Å². The highest BCUT2D eigenvalue weighted by atomic mass is 32.1. The van der Waals surface area contributed by atoms with E-state index in [-0.39, 0.29) is 11.4 Å². The number of rotatable bonds is 5. The van der Waals surface area contributed by atoms with Gasteiger partial charge < -0.3 is 10.3 Å². The van der Waals surface area contributed by atoms with Gasteiger partial charge in [-0.2, -0.15) is 0 Å². The van der Waals surface area contributed by atoms with Crippen LogP contribution < -0.4 is 5.32 Å². The smallest absolute Gasteiger partial charge is 0.253 e. The maximum absolute atomic E-state index is 12.6. The molecule has 3 rings (SSSR count). The number of piperazine rings is 1. The Bertz CT molecular complexity index is 733. The number of hydrogen-bond acceptors (Lipinski definition) is 4. The number of nitrogens with one attached hydrogen (secondary N) is 2. The van der Waals surface area contributed by atoms with Crippen LogP contribution in [0.1, 0.15) is 29.1 Å². The zero-order valence-electron chi connectivity index (χ0n) is 15.6. The third kappa shape index (κ3) is 4.14. The van der Waals surface area contributed by atoms with Gasteiger partial charge in [-0.3, -0.25) is 14.6 Å². The Hall–Kier alpha value is -1.63. The van der Waals surface area contributed by atoms with Crippen LogP contribution in [-0.4, -0.2) is 66.0 Å². The molecule has 1 fully saturated rings. The third-order valence-electron chi connectivity index (χ3n) is 5.11. The fourth-order valence-electron chi connectivity index (χ4n) is 3.29. The molecule has 136 valence electrons. The van der Waals surface area contributed by atoms with Gasteiger partial charge in [-0.1, -0.05) is 0 Å². The number of aromatic nitrogens is 1. The van der Waals surface area contributed by atoms with Crippen LogP contribution in [0.2, 0.25) is 0 Å². The van der Waals surface area contributed by atoms with E-state index in [1.807, 2.05) is 6.20 Å². The van der Waals surface area contributed by atoms with Crippen molar-refractivity contribution < 1.29 is 4.79 Å². The maximum atomic E-state index is 12.6. The highest BCUT2D eigenvalue weighted by Gasteiger charge is 2.30. The average Bonchev–Trinajstić information content (AvgIpc) is 3.19. The summed E-state index contributed by atoms with van der Waals surface area (Å²) in [5, 5.41) is 3.08. The molecule has 0 unspecified atom stereocenters. The van der Waals surface area contributed by atoms with Crippen molar-refractivity contribution in [3.63, 3.8) is 0 Å². The van der Waals surface area contributed by atoms with Gasteiger partial charge in [0.05, 0.1) is 5.56 Å².